The monoisotopic (exact) mass is 476 g/mol. The standard InChI is InChI=1S/C26H28N4O3S/c1-33-20-8-4-7-19(16-20)29-12-14-30(15-13-29)26(32)23-21-9-2-3-10-22(21)34-25(23)28-24(31)18-6-5-11-27-17-18/h4-8,11,16-17H,2-3,9-10,12-15H2,1H3,(H,28,31). The Balaban J connectivity index is 1.35. The summed E-state index contributed by atoms with van der Waals surface area (Å²) < 4.78 is 5.36. The number of carbonyl (C=O) groups is 2. The summed E-state index contributed by atoms with van der Waals surface area (Å²) in [5.41, 5.74) is 3.40. The van der Waals surface area contributed by atoms with Crippen LogP contribution < -0.4 is 15.0 Å². The van der Waals surface area contributed by atoms with E-state index >= 15 is 0 Å². The summed E-state index contributed by atoms with van der Waals surface area (Å²) >= 11 is 1.55. The van der Waals surface area contributed by atoms with Crippen molar-refractivity contribution in [2.24, 2.45) is 0 Å². The summed E-state index contributed by atoms with van der Waals surface area (Å²) in [4.78, 5) is 36.1. The molecule has 176 valence electrons. The summed E-state index contributed by atoms with van der Waals surface area (Å²) in [6, 6.07) is 11.5. The highest BCUT2D eigenvalue weighted by atomic mass is 32.1. The molecule has 0 radical (unpaired) electrons. The van der Waals surface area contributed by atoms with Gasteiger partial charge in [-0.1, -0.05) is 6.07 Å². The van der Waals surface area contributed by atoms with Gasteiger partial charge in [-0.15, -0.1) is 11.3 Å². The van der Waals surface area contributed by atoms with Crippen molar-refractivity contribution in [1.82, 2.24) is 9.88 Å². The molecule has 1 saturated heterocycles. The van der Waals surface area contributed by atoms with E-state index in [1.165, 1.54) is 4.88 Å². The van der Waals surface area contributed by atoms with Gasteiger partial charge in [0.1, 0.15) is 10.8 Å². The van der Waals surface area contributed by atoms with Gasteiger partial charge < -0.3 is 19.9 Å². The van der Waals surface area contributed by atoms with E-state index in [1.807, 2.05) is 23.1 Å². The fraction of sp³-hybridized carbons (Fsp3) is 0.346. The summed E-state index contributed by atoms with van der Waals surface area (Å²) in [7, 11) is 1.67. The Morgan fingerprint density at radius 2 is 1.88 bits per heavy atom. The van der Waals surface area contributed by atoms with Crippen molar-refractivity contribution in [2.45, 2.75) is 25.7 Å². The molecule has 1 fully saturated rings. The summed E-state index contributed by atoms with van der Waals surface area (Å²) in [5.74, 6) is 0.615. The van der Waals surface area contributed by atoms with E-state index in [1.54, 1.807) is 43.0 Å². The third-order valence-electron chi connectivity index (χ3n) is 6.52. The van der Waals surface area contributed by atoms with Gasteiger partial charge in [-0.25, -0.2) is 0 Å². The molecule has 0 spiro atoms. The number of nitrogens with zero attached hydrogens (tertiary/aromatic N) is 3. The van der Waals surface area contributed by atoms with Gasteiger partial charge in [0.05, 0.1) is 18.2 Å². The molecule has 2 amide bonds. The van der Waals surface area contributed by atoms with Gasteiger partial charge in [0.2, 0.25) is 0 Å². The van der Waals surface area contributed by atoms with Crippen LogP contribution >= 0.6 is 11.3 Å². The molecule has 1 aliphatic carbocycles. The number of pyridine rings is 1. The number of amides is 2. The van der Waals surface area contributed by atoms with Crippen LogP contribution in [-0.2, 0) is 12.8 Å². The number of piperazine rings is 1. The minimum atomic E-state index is -0.233. The van der Waals surface area contributed by atoms with Gasteiger partial charge in [-0.3, -0.25) is 14.6 Å². The zero-order valence-electron chi connectivity index (χ0n) is 19.3. The molecule has 1 N–H and O–H groups in total. The normalized spacial score (nSPS) is 15.6. The van der Waals surface area contributed by atoms with Gasteiger partial charge in [0.25, 0.3) is 11.8 Å². The van der Waals surface area contributed by atoms with Crippen LogP contribution in [0.15, 0.2) is 48.8 Å². The van der Waals surface area contributed by atoms with Crippen molar-refractivity contribution < 1.29 is 14.3 Å². The molecule has 1 aliphatic heterocycles. The van der Waals surface area contributed by atoms with Crippen LogP contribution in [0.3, 0.4) is 0 Å². The maximum atomic E-state index is 13.7. The fourth-order valence-electron chi connectivity index (χ4n) is 4.69. The molecular weight excluding hydrogens is 448 g/mol. The second-order valence-electron chi connectivity index (χ2n) is 8.59. The predicted molar refractivity (Wildman–Crippen MR) is 134 cm³/mol. The third kappa shape index (κ3) is 4.50. The molecule has 5 rings (SSSR count). The molecule has 8 heteroatoms. The Morgan fingerprint density at radius 3 is 2.65 bits per heavy atom. The minimum absolute atomic E-state index is 0.0196. The predicted octanol–water partition coefficient (Wildman–Crippen LogP) is 4.25. The summed E-state index contributed by atoms with van der Waals surface area (Å²) in [6.07, 6.45) is 7.23. The van der Waals surface area contributed by atoms with Crippen LogP contribution in [0.2, 0.25) is 0 Å². The van der Waals surface area contributed by atoms with Crippen LogP contribution in [0.4, 0.5) is 10.7 Å². The number of hydrogen-bond donors (Lipinski definition) is 1. The largest absolute Gasteiger partial charge is 0.497 e. The molecular formula is C26H28N4O3S. The van der Waals surface area contributed by atoms with Crippen LogP contribution in [0.25, 0.3) is 0 Å². The molecule has 0 saturated carbocycles. The number of fused-ring (bicyclic) bond motifs is 1. The van der Waals surface area contributed by atoms with Crippen LogP contribution in [-0.4, -0.2) is 55.0 Å². The topological polar surface area (TPSA) is 74.8 Å². The quantitative estimate of drug-likeness (QED) is 0.596. The molecule has 2 aromatic heterocycles. The Morgan fingerprint density at radius 1 is 1.06 bits per heavy atom. The average Bonchev–Trinajstić information content (AvgIpc) is 3.26. The number of benzene rings is 1. The highest BCUT2D eigenvalue weighted by molar-refractivity contribution is 7.17. The van der Waals surface area contributed by atoms with Crippen LogP contribution in [0, 0.1) is 0 Å². The average molecular weight is 477 g/mol. The number of methoxy groups -OCH3 is 1. The Hall–Kier alpha value is -3.39. The van der Waals surface area contributed by atoms with Crippen molar-refractivity contribution in [3.8, 4) is 5.75 Å². The van der Waals surface area contributed by atoms with E-state index in [-0.39, 0.29) is 11.8 Å². The lowest BCUT2D eigenvalue weighted by Crippen LogP contribution is -2.49. The van der Waals surface area contributed by atoms with E-state index in [2.05, 4.69) is 21.3 Å². The molecule has 3 heterocycles. The SMILES string of the molecule is COc1cccc(N2CCN(C(=O)c3c(NC(=O)c4cccnc4)sc4c3CCCC4)CC2)c1. The Bertz CT molecular complexity index is 1190. The summed E-state index contributed by atoms with van der Waals surface area (Å²) in [6.45, 7) is 2.78. The first-order valence-corrected chi connectivity index (χ1v) is 12.5. The number of thiophene rings is 1. The number of rotatable bonds is 5. The van der Waals surface area contributed by atoms with Crippen molar-refractivity contribution in [3.05, 3.63) is 70.4 Å². The van der Waals surface area contributed by atoms with Gasteiger partial charge in [0, 0.05) is 55.2 Å². The minimum Gasteiger partial charge on any atom is -0.497 e. The van der Waals surface area contributed by atoms with Crippen LogP contribution in [0.5, 0.6) is 5.75 Å². The van der Waals surface area contributed by atoms with Crippen molar-refractivity contribution in [1.29, 1.82) is 0 Å². The lowest BCUT2D eigenvalue weighted by Gasteiger charge is -2.36. The van der Waals surface area contributed by atoms with E-state index in [9.17, 15) is 9.59 Å². The molecule has 7 nitrogen and oxygen atoms in total. The lowest BCUT2D eigenvalue weighted by molar-refractivity contribution is 0.0747. The molecule has 34 heavy (non-hydrogen) atoms. The number of nitrogens with one attached hydrogen (secondary N) is 1. The maximum Gasteiger partial charge on any atom is 0.257 e. The molecule has 0 atom stereocenters. The van der Waals surface area contributed by atoms with Crippen molar-refractivity contribution in [3.63, 3.8) is 0 Å². The molecule has 0 bridgehead atoms. The number of carbonyl (C=O) groups excluding carboxylic acids is 2. The lowest BCUT2D eigenvalue weighted by atomic mass is 9.95. The zero-order valence-corrected chi connectivity index (χ0v) is 20.1. The molecule has 2 aliphatic rings. The van der Waals surface area contributed by atoms with Crippen molar-refractivity contribution in [2.75, 3.05) is 43.5 Å². The van der Waals surface area contributed by atoms with Gasteiger partial charge in [-0.05, 0) is 55.5 Å². The zero-order chi connectivity index (χ0) is 23.5. The number of hydrogen-bond acceptors (Lipinski definition) is 6. The van der Waals surface area contributed by atoms with E-state index in [0.29, 0.717) is 29.2 Å². The van der Waals surface area contributed by atoms with E-state index in [4.69, 9.17) is 4.74 Å². The molecule has 3 aromatic rings. The molecule has 0 unspecified atom stereocenters. The first-order chi connectivity index (χ1) is 16.6. The number of ether oxygens (including phenoxy) is 1. The van der Waals surface area contributed by atoms with Gasteiger partial charge in [0.15, 0.2) is 0 Å². The highest BCUT2D eigenvalue weighted by Crippen LogP contribution is 2.39. The second-order valence-corrected chi connectivity index (χ2v) is 9.70. The van der Waals surface area contributed by atoms with E-state index < -0.39 is 0 Å². The molecule has 1 aromatic carbocycles. The second kappa shape index (κ2) is 9.85. The smallest absolute Gasteiger partial charge is 0.257 e. The summed E-state index contributed by atoms with van der Waals surface area (Å²) in [5, 5.41) is 3.69. The van der Waals surface area contributed by atoms with Crippen molar-refractivity contribution >= 4 is 33.8 Å². The van der Waals surface area contributed by atoms with Gasteiger partial charge >= 0.3 is 0 Å². The number of aromatic nitrogens is 1. The maximum absolute atomic E-state index is 13.7. The van der Waals surface area contributed by atoms with Gasteiger partial charge in [-0.2, -0.15) is 0 Å². The number of anilines is 2. The highest BCUT2D eigenvalue weighted by Gasteiger charge is 2.31. The van der Waals surface area contributed by atoms with Crippen LogP contribution in [0.1, 0.15) is 44.0 Å². The Labute approximate surface area is 203 Å². The van der Waals surface area contributed by atoms with E-state index in [0.717, 1.165) is 55.8 Å². The Kier molecular flexibility index (Phi) is 6.49. The fourth-order valence-corrected chi connectivity index (χ4v) is 5.96. The first kappa shape index (κ1) is 22.4. The number of aryl methyl sites for hydroxylation is 1. The third-order valence-corrected chi connectivity index (χ3v) is 7.73. The first-order valence-electron chi connectivity index (χ1n) is 11.7.